The highest BCUT2D eigenvalue weighted by Gasteiger charge is 2.12. The monoisotopic (exact) mass is 276 g/mol. The van der Waals surface area contributed by atoms with E-state index in [0.29, 0.717) is 11.3 Å². The highest BCUT2D eigenvalue weighted by Crippen LogP contribution is 2.17. The topological polar surface area (TPSA) is 112 Å². The second kappa shape index (κ2) is 5.41. The molecule has 2 rings (SSSR count). The molecule has 0 spiro atoms. The molecule has 0 aliphatic carbocycles. The molecule has 2 N–H and O–H groups in total. The number of nitrogens with one attached hydrogen (secondary N) is 1. The molecule has 0 unspecified atom stereocenters. The van der Waals surface area contributed by atoms with Gasteiger partial charge < -0.3 is 5.11 Å². The summed E-state index contributed by atoms with van der Waals surface area (Å²) in [5.41, 5.74) is 0.383. The Morgan fingerprint density at radius 2 is 2.37 bits per heavy atom. The maximum absolute atomic E-state index is 11.7. The van der Waals surface area contributed by atoms with Gasteiger partial charge in [-0.25, -0.2) is 14.5 Å². The van der Waals surface area contributed by atoms with Crippen molar-refractivity contribution in [1.82, 2.24) is 14.8 Å². The third kappa shape index (κ3) is 2.83. The number of carboxylic acid groups (broad SMARTS) is 1. The SMILES string of the molecule is N#Cc1cccc(-n2c(SCC(=O)O)n[nH]c2=O)c1. The summed E-state index contributed by atoms with van der Waals surface area (Å²) in [6, 6.07) is 8.39. The number of carbonyl (C=O) groups is 1. The van der Waals surface area contributed by atoms with Crippen molar-refractivity contribution in [2.75, 3.05) is 5.75 Å². The fourth-order valence-electron chi connectivity index (χ4n) is 1.45. The van der Waals surface area contributed by atoms with Gasteiger partial charge in [-0.3, -0.25) is 4.79 Å². The van der Waals surface area contributed by atoms with E-state index in [9.17, 15) is 9.59 Å². The summed E-state index contributed by atoms with van der Waals surface area (Å²) in [4.78, 5) is 22.2. The molecule has 96 valence electrons. The van der Waals surface area contributed by atoms with Crippen molar-refractivity contribution in [3.63, 3.8) is 0 Å². The van der Waals surface area contributed by atoms with E-state index < -0.39 is 11.7 Å². The van der Waals surface area contributed by atoms with Crippen LogP contribution in [-0.2, 0) is 4.79 Å². The van der Waals surface area contributed by atoms with Gasteiger partial charge in [-0.1, -0.05) is 17.8 Å². The first kappa shape index (κ1) is 12.9. The summed E-state index contributed by atoms with van der Waals surface area (Å²) in [5, 5.41) is 23.7. The zero-order chi connectivity index (χ0) is 13.8. The van der Waals surface area contributed by atoms with Gasteiger partial charge in [-0.2, -0.15) is 5.26 Å². The Labute approximate surface area is 111 Å². The number of nitriles is 1. The van der Waals surface area contributed by atoms with Gasteiger partial charge in [0.25, 0.3) is 0 Å². The van der Waals surface area contributed by atoms with Gasteiger partial charge >= 0.3 is 11.7 Å². The van der Waals surface area contributed by atoms with E-state index in [1.807, 2.05) is 6.07 Å². The number of nitrogens with zero attached hydrogens (tertiary/aromatic N) is 3. The lowest BCUT2D eigenvalue weighted by molar-refractivity contribution is -0.133. The zero-order valence-electron chi connectivity index (χ0n) is 9.53. The predicted octanol–water partition coefficient (Wildman–Crippen LogP) is 0.609. The molecule has 0 saturated heterocycles. The Morgan fingerprint density at radius 3 is 3.05 bits per heavy atom. The lowest BCUT2D eigenvalue weighted by Crippen LogP contribution is -2.16. The summed E-state index contributed by atoms with van der Waals surface area (Å²) >= 11 is 0.922. The van der Waals surface area contributed by atoms with Crippen molar-refractivity contribution in [1.29, 1.82) is 5.26 Å². The number of thioether (sulfide) groups is 1. The van der Waals surface area contributed by atoms with Crippen molar-refractivity contribution in [2.45, 2.75) is 5.16 Å². The van der Waals surface area contributed by atoms with Crippen LogP contribution in [0, 0.1) is 11.3 Å². The predicted molar refractivity (Wildman–Crippen MR) is 67.3 cm³/mol. The molecule has 1 heterocycles. The van der Waals surface area contributed by atoms with E-state index in [0.717, 1.165) is 11.8 Å². The highest BCUT2D eigenvalue weighted by molar-refractivity contribution is 7.99. The van der Waals surface area contributed by atoms with Crippen LogP contribution in [0.5, 0.6) is 0 Å². The van der Waals surface area contributed by atoms with Crippen LogP contribution < -0.4 is 5.69 Å². The first-order valence-electron chi connectivity index (χ1n) is 5.14. The Hall–Kier alpha value is -2.53. The number of aromatic amines is 1. The van der Waals surface area contributed by atoms with E-state index in [1.165, 1.54) is 10.6 Å². The summed E-state index contributed by atoms with van der Waals surface area (Å²) in [6.07, 6.45) is 0. The number of hydrogen-bond acceptors (Lipinski definition) is 5. The minimum atomic E-state index is -1.00. The molecule has 8 heteroatoms. The number of aromatic nitrogens is 3. The highest BCUT2D eigenvalue weighted by atomic mass is 32.2. The average molecular weight is 276 g/mol. The lowest BCUT2D eigenvalue weighted by Gasteiger charge is -2.04. The summed E-state index contributed by atoms with van der Waals surface area (Å²) < 4.78 is 1.23. The molecular formula is C11H8N4O3S. The van der Waals surface area contributed by atoms with Gasteiger partial charge in [0.1, 0.15) is 0 Å². The van der Waals surface area contributed by atoms with Crippen LogP contribution in [0.15, 0.2) is 34.2 Å². The molecule has 7 nitrogen and oxygen atoms in total. The van der Waals surface area contributed by atoms with E-state index in [-0.39, 0.29) is 10.9 Å². The average Bonchev–Trinajstić information content (AvgIpc) is 2.77. The molecule has 0 fully saturated rings. The zero-order valence-corrected chi connectivity index (χ0v) is 10.3. The van der Waals surface area contributed by atoms with Crippen molar-refractivity contribution in [2.24, 2.45) is 0 Å². The minimum Gasteiger partial charge on any atom is -0.481 e. The Kier molecular flexibility index (Phi) is 3.68. The second-order valence-corrected chi connectivity index (χ2v) is 4.43. The van der Waals surface area contributed by atoms with Crippen molar-refractivity contribution in [3.05, 3.63) is 40.3 Å². The second-order valence-electron chi connectivity index (χ2n) is 3.49. The molecule has 0 atom stereocenters. The summed E-state index contributed by atoms with van der Waals surface area (Å²) in [6.45, 7) is 0. The lowest BCUT2D eigenvalue weighted by atomic mass is 10.2. The van der Waals surface area contributed by atoms with E-state index >= 15 is 0 Å². The molecule has 0 aliphatic heterocycles. The fourth-order valence-corrected chi connectivity index (χ4v) is 2.13. The minimum absolute atomic E-state index is 0.206. The van der Waals surface area contributed by atoms with Gasteiger partial charge in [-0.05, 0) is 18.2 Å². The van der Waals surface area contributed by atoms with Crippen LogP contribution in [0.2, 0.25) is 0 Å². The van der Waals surface area contributed by atoms with E-state index in [1.54, 1.807) is 18.2 Å². The van der Waals surface area contributed by atoms with Gasteiger partial charge in [0, 0.05) is 0 Å². The molecule has 0 aliphatic rings. The summed E-state index contributed by atoms with van der Waals surface area (Å²) in [7, 11) is 0. The van der Waals surface area contributed by atoms with Crippen molar-refractivity contribution in [3.8, 4) is 11.8 Å². The first-order chi connectivity index (χ1) is 9.11. The van der Waals surface area contributed by atoms with Gasteiger partial charge in [0.15, 0.2) is 5.16 Å². The maximum atomic E-state index is 11.7. The van der Waals surface area contributed by atoms with Gasteiger partial charge in [0.05, 0.1) is 23.1 Å². The normalized spacial score (nSPS) is 10.1. The van der Waals surface area contributed by atoms with Crippen LogP contribution in [0.1, 0.15) is 5.56 Å². The van der Waals surface area contributed by atoms with Gasteiger partial charge in [0.2, 0.25) is 0 Å². The molecule has 1 aromatic heterocycles. The first-order valence-corrected chi connectivity index (χ1v) is 6.13. The molecule has 2 aromatic rings. The molecule has 19 heavy (non-hydrogen) atoms. The van der Waals surface area contributed by atoms with Crippen LogP contribution in [0.3, 0.4) is 0 Å². The molecule has 1 aromatic carbocycles. The van der Waals surface area contributed by atoms with Gasteiger partial charge in [-0.15, -0.1) is 5.10 Å². The Bertz CT molecular complexity index is 713. The molecule has 0 amide bonds. The number of aliphatic carboxylic acids is 1. The maximum Gasteiger partial charge on any atom is 0.348 e. The summed E-state index contributed by atoms with van der Waals surface area (Å²) in [5.74, 6) is -1.21. The molecule has 0 radical (unpaired) electrons. The van der Waals surface area contributed by atoms with Crippen LogP contribution >= 0.6 is 11.8 Å². The van der Waals surface area contributed by atoms with Crippen LogP contribution in [-0.4, -0.2) is 31.6 Å². The van der Waals surface area contributed by atoms with Crippen molar-refractivity contribution >= 4 is 17.7 Å². The number of benzene rings is 1. The van der Waals surface area contributed by atoms with Crippen LogP contribution in [0.25, 0.3) is 5.69 Å². The molecular weight excluding hydrogens is 268 g/mol. The number of H-pyrrole nitrogens is 1. The standard InChI is InChI=1S/C11H8N4O3S/c12-5-7-2-1-3-8(4-7)15-10(18)13-14-11(15)19-6-9(16)17/h1-4H,6H2,(H,13,18)(H,16,17). The Morgan fingerprint density at radius 1 is 1.58 bits per heavy atom. The quantitative estimate of drug-likeness (QED) is 0.791. The van der Waals surface area contributed by atoms with Crippen LogP contribution in [0.4, 0.5) is 0 Å². The molecule has 0 saturated carbocycles. The number of hydrogen-bond donors (Lipinski definition) is 2. The fraction of sp³-hybridized carbons (Fsp3) is 0.0909. The smallest absolute Gasteiger partial charge is 0.348 e. The van der Waals surface area contributed by atoms with Crippen molar-refractivity contribution < 1.29 is 9.90 Å². The number of rotatable bonds is 4. The number of carboxylic acids is 1. The third-order valence-electron chi connectivity index (χ3n) is 2.20. The third-order valence-corrected chi connectivity index (χ3v) is 3.12. The molecule has 0 bridgehead atoms. The Balaban J connectivity index is 2.43. The van der Waals surface area contributed by atoms with E-state index in [2.05, 4.69) is 10.2 Å². The van der Waals surface area contributed by atoms with E-state index in [4.69, 9.17) is 10.4 Å². The largest absolute Gasteiger partial charge is 0.481 e.